The number of fused-ring (bicyclic) bond motifs is 1. The lowest BCUT2D eigenvalue weighted by molar-refractivity contribution is 0.0469. The van der Waals surface area contributed by atoms with Crippen LogP contribution in [0.15, 0.2) is 43.1 Å². The van der Waals surface area contributed by atoms with Crippen molar-refractivity contribution in [3.63, 3.8) is 0 Å². The van der Waals surface area contributed by atoms with Gasteiger partial charge in [-0.05, 0) is 39.0 Å². The molecule has 0 aliphatic carbocycles. The maximum Gasteiger partial charge on any atom is 0.359 e. The number of aromatic nitrogens is 3. The van der Waals surface area contributed by atoms with E-state index >= 15 is 0 Å². The average molecular weight is 351 g/mol. The number of esters is 1. The van der Waals surface area contributed by atoms with Gasteiger partial charge in [-0.25, -0.2) is 9.78 Å². The second-order valence-corrected chi connectivity index (χ2v) is 6.20. The van der Waals surface area contributed by atoms with E-state index in [9.17, 15) is 9.59 Å². The minimum absolute atomic E-state index is 0.184. The molecule has 0 spiro atoms. The maximum absolute atomic E-state index is 12.5. The van der Waals surface area contributed by atoms with Crippen LogP contribution in [0.25, 0.3) is 5.65 Å². The highest BCUT2D eigenvalue weighted by Gasteiger charge is 2.19. The Morgan fingerprint density at radius 1 is 1.23 bits per heavy atom. The van der Waals surface area contributed by atoms with Crippen molar-refractivity contribution in [2.45, 2.75) is 27.3 Å². The third-order valence-corrected chi connectivity index (χ3v) is 4.43. The van der Waals surface area contributed by atoms with Crippen molar-refractivity contribution in [2.24, 2.45) is 0 Å². The molecule has 0 saturated carbocycles. The Hall–Kier alpha value is -3.15. The summed E-state index contributed by atoms with van der Waals surface area (Å²) in [6.07, 6.45) is 3.40. The summed E-state index contributed by atoms with van der Waals surface area (Å²) in [5.41, 5.74) is 4.17. The van der Waals surface area contributed by atoms with Gasteiger partial charge in [0.2, 0.25) is 5.78 Å². The second kappa shape index (κ2) is 7.00. The van der Waals surface area contributed by atoms with E-state index in [4.69, 9.17) is 4.74 Å². The average Bonchev–Trinajstić information content (AvgIpc) is 3.17. The van der Waals surface area contributed by atoms with Gasteiger partial charge in [-0.3, -0.25) is 4.79 Å². The molecule has 3 aromatic rings. The molecular weight excluding hydrogens is 330 g/mol. The molecule has 0 aromatic carbocycles. The Bertz CT molecular complexity index is 1010. The molecule has 134 valence electrons. The van der Waals surface area contributed by atoms with Crippen LogP contribution in [0.5, 0.6) is 0 Å². The number of pyridine rings is 1. The summed E-state index contributed by atoms with van der Waals surface area (Å²) >= 11 is 0. The minimum atomic E-state index is -0.610. The first-order valence-electron chi connectivity index (χ1n) is 8.35. The summed E-state index contributed by atoms with van der Waals surface area (Å²) in [6.45, 7) is 9.76. The van der Waals surface area contributed by atoms with Crippen LogP contribution >= 0.6 is 0 Å². The van der Waals surface area contributed by atoms with Gasteiger partial charge >= 0.3 is 5.97 Å². The van der Waals surface area contributed by atoms with Crippen molar-refractivity contribution in [3.8, 4) is 0 Å². The van der Waals surface area contributed by atoms with Gasteiger partial charge in [0.25, 0.3) is 0 Å². The van der Waals surface area contributed by atoms with Crippen molar-refractivity contribution < 1.29 is 14.3 Å². The quantitative estimate of drug-likeness (QED) is 0.388. The number of hydrogen-bond acceptors (Lipinski definition) is 4. The Morgan fingerprint density at radius 3 is 2.69 bits per heavy atom. The summed E-state index contributed by atoms with van der Waals surface area (Å²) in [4.78, 5) is 29.0. The van der Waals surface area contributed by atoms with Gasteiger partial charge in [0, 0.05) is 35.4 Å². The van der Waals surface area contributed by atoms with E-state index in [0.29, 0.717) is 17.8 Å². The number of ketones is 1. The van der Waals surface area contributed by atoms with E-state index in [-0.39, 0.29) is 18.1 Å². The molecule has 0 amide bonds. The fraction of sp³-hybridized carbons (Fsp3) is 0.250. The third kappa shape index (κ3) is 3.18. The largest absolute Gasteiger partial charge is 0.453 e. The highest BCUT2D eigenvalue weighted by atomic mass is 16.5. The molecule has 0 bridgehead atoms. The standard InChI is InChI=1S/C20H21N3O3/c1-5-9-22-14(3)10-16(15(22)4)18(24)12-26-20(25)17-11-23-13(2)7-6-8-19(23)21-17/h5-8,10-11H,1,9,12H2,2-4H3. The van der Waals surface area contributed by atoms with Gasteiger partial charge in [-0.2, -0.15) is 0 Å². The van der Waals surface area contributed by atoms with Gasteiger partial charge in [-0.15, -0.1) is 6.58 Å². The van der Waals surface area contributed by atoms with Crippen molar-refractivity contribution in [1.29, 1.82) is 0 Å². The number of carbonyl (C=O) groups is 2. The smallest absolute Gasteiger partial charge is 0.359 e. The highest BCUT2D eigenvalue weighted by molar-refractivity contribution is 6.00. The molecule has 3 aromatic heterocycles. The zero-order valence-corrected chi connectivity index (χ0v) is 15.2. The van der Waals surface area contributed by atoms with Gasteiger partial charge in [0.1, 0.15) is 5.65 Å². The van der Waals surface area contributed by atoms with E-state index in [0.717, 1.165) is 17.1 Å². The number of rotatable bonds is 6. The molecule has 0 aliphatic rings. The monoisotopic (exact) mass is 351 g/mol. The van der Waals surface area contributed by atoms with Crippen LogP contribution in [-0.2, 0) is 11.3 Å². The summed E-state index contributed by atoms with van der Waals surface area (Å²) < 4.78 is 8.98. The van der Waals surface area contributed by atoms with Crippen molar-refractivity contribution in [2.75, 3.05) is 6.61 Å². The third-order valence-electron chi connectivity index (χ3n) is 4.43. The minimum Gasteiger partial charge on any atom is -0.453 e. The molecule has 6 nitrogen and oxygen atoms in total. The molecular formula is C20H21N3O3. The van der Waals surface area contributed by atoms with Gasteiger partial charge in [-0.1, -0.05) is 12.1 Å². The maximum atomic E-state index is 12.5. The molecule has 0 unspecified atom stereocenters. The lowest BCUT2D eigenvalue weighted by atomic mass is 10.1. The number of carbonyl (C=O) groups excluding carboxylic acids is 2. The van der Waals surface area contributed by atoms with Gasteiger partial charge in [0.15, 0.2) is 12.3 Å². The van der Waals surface area contributed by atoms with Crippen LogP contribution in [-0.4, -0.2) is 32.3 Å². The van der Waals surface area contributed by atoms with Crippen LogP contribution < -0.4 is 0 Å². The van der Waals surface area contributed by atoms with Crippen molar-refractivity contribution >= 4 is 17.4 Å². The van der Waals surface area contributed by atoms with E-state index in [1.807, 2.05) is 49.6 Å². The van der Waals surface area contributed by atoms with E-state index < -0.39 is 5.97 Å². The molecule has 0 N–H and O–H groups in total. The molecule has 6 heteroatoms. The molecule has 3 heterocycles. The number of imidazole rings is 1. The Morgan fingerprint density at radius 2 is 2.00 bits per heavy atom. The number of allylic oxidation sites excluding steroid dienone is 1. The fourth-order valence-electron chi connectivity index (χ4n) is 3.02. The predicted molar refractivity (Wildman–Crippen MR) is 98.6 cm³/mol. The second-order valence-electron chi connectivity index (χ2n) is 6.20. The lowest BCUT2D eigenvalue weighted by Crippen LogP contribution is -2.15. The zero-order valence-electron chi connectivity index (χ0n) is 15.2. The van der Waals surface area contributed by atoms with Crippen LogP contribution in [0.1, 0.15) is 37.9 Å². The molecule has 0 aliphatic heterocycles. The van der Waals surface area contributed by atoms with Crippen LogP contribution in [0.3, 0.4) is 0 Å². The number of ether oxygens (including phenoxy) is 1. The molecule has 0 atom stereocenters. The lowest BCUT2D eigenvalue weighted by Gasteiger charge is -2.06. The predicted octanol–water partition coefficient (Wildman–Crippen LogP) is 3.29. The summed E-state index contributed by atoms with van der Waals surface area (Å²) in [7, 11) is 0. The number of Topliss-reactive ketones (excluding diaryl/α,β-unsaturated/α-hetero) is 1. The molecule has 0 fully saturated rings. The van der Waals surface area contributed by atoms with Crippen molar-refractivity contribution in [1.82, 2.24) is 14.0 Å². The SMILES string of the molecule is C=CCn1c(C)cc(C(=O)COC(=O)c2cn3c(C)cccc3n2)c1C. The highest BCUT2D eigenvalue weighted by Crippen LogP contribution is 2.16. The van der Waals surface area contributed by atoms with Crippen LogP contribution in [0.4, 0.5) is 0 Å². The van der Waals surface area contributed by atoms with Gasteiger partial charge in [0.05, 0.1) is 0 Å². The topological polar surface area (TPSA) is 65.6 Å². The van der Waals surface area contributed by atoms with E-state index in [1.165, 1.54) is 0 Å². The fourth-order valence-corrected chi connectivity index (χ4v) is 3.02. The van der Waals surface area contributed by atoms with Crippen molar-refractivity contribution in [3.05, 3.63) is 71.5 Å². The summed E-state index contributed by atoms with van der Waals surface area (Å²) in [6, 6.07) is 7.41. The van der Waals surface area contributed by atoms with E-state index in [2.05, 4.69) is 11.6 Å². The first kappa shape index (κ1) is 17.7. The Kier molecular flexibility index (Phi) is 4.75. The van der Waals surface area contributed by atoms with Gasteiger partial charge < -0.3 is 13.7 Å². The van der Waals surface area contributed by atoms with Crippen LogP contribution in [0, 0.1) is 20.8 Å². The molecule has 0 saturated heterocycles. The van der Waals surface area contributed by atoms with E-state index in [1.54, 1.807) is 16.7 Å². The normalized spacial score (nSPS) is 10.9. The zero-order chi connectivity index (χ0) is 18.8. The molecule has 0 radical (unpaired) electrons. The Labute approximate surface area is 151 Å². The first-order chi connectivity index (χ1) is 12.4. The number of nitrogens with zero attached hydrogens (tertiary/aromatic N) is 3. The first-order valence-corrected chi connectivity index (χ1v) is 8.35. The number of aryl methyl sites for hydroxylation is 2. The Balaban J connectivity index is 1.72. The number of hydrogen-bond donors (Lipinski definition) is 0. The summed E-state index contributed by atoms with van der Waals surface area (Å²) in [5.74, 6) is -0.844. The molecule has 3 rings (SSSR count). The van der Waals surface area contributed by atoms with Crippen LogP contribution in [0.2, 0.25) is 0 Å². The molecule has 26 heavy (non-hydrogen) atoms. The summed E-state index contributed by atoms with van der Waals surface area (Å²) in [5, 5.41) is 0.